The van der Waals surface area contributed by atoms with E-state index in [0.29, 0.717) is 0 Å². The van der Waals surface area contributed by atoms with Crippen LogP contribution >= 0.6 is 0 Å². The highest BCUT2D eigenvalue weighted by molar-refractivity contribution is 5.73. The van der Waals surface area contributed by atoms with Crippen LogP contribution in [-0.4, -0.2) is 28.8 Å². The van der Waals surface area contributed by atoms with Gasteiger partial charge in [0.05, 0.1) is 12.2 Å². The fourth-order valence-corrected chi connectivity index (χ4v) is 1.49. The lowest BCUT2D eigenvalue weighted by atomic mass is 10.2. The van der Waals surface area contributed by atoms with E-state index in [-0.39, 0.29) is 12.2 Å². The van der Waals surface area contributed by atoms with Crippen molar-refractivity contribution in [2.75, 3.05) is 6.61 Å². The molecule has 0 unspecified atom stereocenters. The molecule has 21 heavy (non-hydrogen) atoms. The zero-order valence-corrected chi connectivity index (χ0v) is 11.1. The van der Waals surface area contributed by atoms with E-state index in [0.717, 1.165) is 6.07 Å². The minimum Gasteiger partial charge on any atom is -0.466 e. The number of carbonyl (C=O) groups excluding carboxylic acids is 1. The molecule has 0 bridgehead atoms. The van der Waals surface area contributed by atoms with Crippen LogP contribution in [0.1, 0.15) is 18.2 Å². The van der Waals surface area contributed by atoms with E-state index in [9.17, 15) is 28.1 Å². The van der Waals surface area contributed by atoms with Gasteiger partial charge in [-0.3, -0.25) is 4.79 Å². The number of rotatable bonds is 5. The monoisotopic (exact) mass is 308 g/mol. The summed E-state index contributed by atoms with van der Waals surface area (Å²) >= 11 is 0. The number of ether oxygens (including phenoxy) is 2. The van der Waals surface area contributed by atoms with Crippen molar-refractivity contribution in [3.63, 3.8) is 0 Å². The average molecular weight is 308 g/mol. The molecule has 1 rings (SSSR count). The number of hydrogen-bond donors (Lipinski definition) is 0. The first-order valence-electron chi connectivity index (χ1n) is 5.70. The molecule has 1 aromatic rings. The van der Waals surface area contributed by atoms with E-state index in [4.69, 9.17) is 0 Å². The largest absolute Gasteiger partial charge is 0.573 e. The molecule has 0 aromatic carbocycles. The highest BCUT2D eigenvalue weighted by Crippen LogP contribution is 2.30. The number of aryl methyl sites for hydroxylation is 1. The molecule has 0 saturated heterocycles. The van der Waals surface area contributed by atoms with Gasteiger partial charge < -0.3 is 19.6 Å². The summed E-state index contributed by atoms with van der Waals surface area (Å²) in [5, 5.41) is 10.7. The third kappa shape index (κ3) is 4.89. The van der Waals surface area contributed by atoms with Gasteiger partial charge in [-0.15, -0.1) is 13.2 Å². The molecule has 1 heterocycles. The second-order valence-corrected chi connectivity index (χ2v) is 3.86. The Kier molecular flexibility index (Phi) is 5.06. The smallest absolute Gasteiger partial charge is 0.466 e. The molecule has 0 spiro atoms. The molecule has 0 fully saturated rings. The molecule has 116 valence electrons. The maximum atomic E-state index is 12.3. The van der Waals surface area contributed by atoms with E-state index in [1.165, 1.54) is 13.8 Å². The number of aromatic nitrogens is 1. The summed E-state index contributed by atoms with van der Waals surface area (Å²) in [6.07, 6.45) is -5.67. The van der Waals surface area contributed by atoms with Crippen LogP contribution in [0.15, 0.2) is 6.07 Å². The molecule has 0 aliphatic rings. The Morgan fingerprint density at radius 2 is 2.10 bits per heavy atom. The number of alkyl halides is 3. The SMILES string of the molecule is CCOC(=O)Cc1nc([N+](=O)[O-])c(C)cc1OC(F)(F)F. The van der Waals surface area contributed by atoms with Gasteiger partial charge in [-0.05, 0) is 29.8 Å². The van der Waals surface area contributed by atoms with Gasteiger partial charge in [0.25, 0.3) is 0 Å². The lowest BCUT2D eigenvalue weighted by molar-refractivity contribution is -0.390. The quantitative estimate of drug-likeness (QED) is 0.471. The minimum atomic E-state index is -5.01. The number of esters is 1. The summed E-state index contributed by atoms with van der Waals surface area (Å²) in [5.74, 6) is -2.28. The van der Waals surface area contributed by atoms with Crippen LogP contribution in [-0.2, 0) is 16.0 Å². The molecule has 7 nitrogen and oxygen atoms in total. The molecule has 0 saturated carbocycles. The number of nitrogens with zero attached hydrogens (tertiary/aromatic N) is 2. The molecular weight excluding hydrogens is 297 g/mol. The second-order valence-electron chi connectivity index (χ2n) is 3.86. The molecular formula is C11H11F3N2O5. The number of carbonyl (C=O) groups is 1. The van der Waals surface area contributed by atoms with Crippen molar-refractivity contribution in [3.8, 4) is 5.75 Å². The van der Waals surface area contributed by atoms with Crippen LogP contribution in [0, 0.1) is 17.0 Å². The number of nitro groups is 1. The van der Waals surface area contributed by atoms with Gasteiger partial charge in [-0.2, -0.15) is 0 Å². The Hall–Kier alpha value is -2.39. The van der Waals surface area contributed by atoms with Crippen LogP contribution in [0.4, 0.5) is 19.0 Å². The molecule has 0 aliphatic carbocycles. The zero-order valence-electron chi connectivity index (χ0n) is 11.1. The van der Waals surface area contributed by atoms with Crippen molar-refractivity contribution in [2.45, 2.75) is 26.6 Å². The second kappa shape index (κ2) is 6.37. The number of hydrogen-bond acceptors (Lipinski definition) is 6. The summed E-state index contributed by atoms with van der Waals surface area (Å²) in [4.78, 5) is 24.7. The van der Waals surface area contributed by atoms with Crippen molar-refractivity contribution >= 4 is 11.8 Å². The van der Waals surface area contributed by atoms with Crippen LogP contribution in [0.3, 0.4) is 0 Å². The maximum absolute atomic E-state index is 12.3. The van der Waals surface area contributed by atoms with Gasteiger partial charge >= 0.3 is 18.1 Å². The maximum Gasteiger partial charge on any atom is 0.573 e. The van der Waals surface area contributed by atoms with Crippen LogP contribution in [0.25, 0.3) is 0 Å². The molecule has 1 aromatic heterocycles. The molecule has 10 heteroatoms. The van der Waals surface area contributed by atoms with Crippen molar-refractivity contribution in [1.29, 1.82) is 0 Å². The third-order valence-electron chi connectivity index (χ3n) is 2.24. The number of pyridine rings is 1. The van der Waals surface area contributed by atoms with Gasteiger partial charge in [0.1, 0.15) is 6.42 Å². The first kappa shape index (κ1) is 16.7. The fraction of sp³-hybridized carbons (Fsp3) is 0.455. The minimum absolute atomic E-state index is 0.0161. The van der Waals surface area contributed by atoms with Crippen molar-refractivity contribution in [3.05, 3.63) is 27.4 Å². The van der Waals surface area contributed by atoms with Crippen LogP contribution < -0.4 is 4.74 Å². The standard InChI is InChI=1S/C11H11F3N2O5/c1-3-20-9(17)5-7-8(21-11(12,13)14)4-6(2)10(15-7)16(18)19/h4H,3,5H2,1-2H3. The average Bonchev–Trinajstić information content (AvgIpc) is 2.30. The Balaban J connectivity index is 3.23. The topological polar surface area (TPSA) is 91.6 Å². The Bertz CT molecular complexity index is 560. The Morgan fingerprint density at radius 1 is 1.48 bits per heavy atom. The van der Waals surface area contributed by atoms with Gasteiger partial charge in [-0.1, -0.05) is 0 Å². The van der Waals surface area contributed by atoms with Crippen LogP contribution in [0.2, 0.25) is 0 Å². The first-order chi connectivity index (χ1) is 9.64. The summed E-state index contributed by atoms with van der Waals surface area (Å²) in [5.41, 5.74) is -0.630. The Labute approximate surface area is 116 Å². The molecule has 0 radical (unpaired) electrons. The van der Waals surface area contributed by atoms with Gasteiger partial charge in [0.15, 0.2) is 5.75 Å². The highest BCUT2D eigenvalue weighted by Gasteiger charge is 2.35. The third-order valence-corrected chi connectivity index (χ3v) is 2.24. The van der Waals surface area contributed by atoms with Gasteiger partial charge in [0.2, 0.25) is 5.69 Å². The highest BCUT2D eigenvalue weighted by atomic mass is 19.4. The van der Waals surface area contributed by atoms with E-state index < -0.39 is 40.9 Å². The molecule has 0 aliphatic heterocycles. The van der Waals surface area contributed by atoms with E-state index in [1.807, 2.05) is 0 Å². The van der Waals surface area contributed by atoms with E-state index in [2.05, 4.69) is 14.5 Å². The summed E-state index contributed by atoms with van der Waals surface area (Å²) in [7, 11) is 0. The van der Waals surface area contributed by atoms with E-state index >= 15 is 0 Å². The van der Waals surface area contributed by atoms with Crippen LogP contribution in [0.5, 0.6) is 5.75 Å². The molecule has 0 N–H and O–H groups in total. The molecule has 0 amide bonds. The summed E-state index contributed by atoms with van der Waals surface area (Å²) in [6.45, 7) is 2.74. The van der Waals surface area contributed by atoms with Crippen molar-refractivity contribution in [1.82, 2.24) is 4.98 Å². The first-order valence-corrected chi connectivity index (χ1v) is 5.70. The predicted molar refractivity (Wildman–Crippen MR) is 62.6 cm³/mol. The number of halogens is 3. The lowest BCUT2D eigenvalue weighted by Crippen LogP contribution is -2.20. The van der Waals surface area contributed by atoms with Crippen molar-refractivity contribution in [2.24, 2.45) is 0 Å². The summed E-state index contributed by atoms with van der Waals surface area (Å²) in [6, 6.07) is 0.813. The lowest BCUT2D eigenvalue weighted by Gasteiger charge is -2.11. The zero-order chi connectivity index (χ0) is 16.2. The van der Waals surface area contributed by atoms with E-state index in [1.54, 1.807) is 0 Å². The van der Waals surface area contributed by atoms with Gasteiger partial charge in [0, 0.05) is 0 Å². The molecule has 0 atom stereocenters. The van der Waals surface area contributed by atoms with Gasteiger partial charge in [-0.25, -0.2) is 0 Å². The van der Waals surface area contributed by atoms with Crippen molar-refractivity contribution < 1.29 is 32.4 Å². The fourth-order valence-electron chi connectivity index (χ4n) is 1.49. The predicted octanol–water partition coefficient (Wildman–Crippen LogP) is 2.30. The normalized spacial score (nSPS) is 11.1. The Morgan fingerprint density at radius 3 is 2.57 bits per heavy atom. The summed E-state index contributed by atoms with van der Waals surface area (Å²) < 4.78 is 45.2.